The zero-order valence-corrected chi connectivity index (χ0v) is 30.8. The summed E-state index contributed by atoms with van der Waals surface area (Å²) in [6.45, 7) is 0. The first-order valence-corrected chi connectivity index (χ1v) is 19.4. The highest BCUT2D eigenvalue weighted by molar-refractivity contribution is 6.19. The number of amidine groups is 1. The second-order valence-electron chi connectivity index (χ2n) is 14.9. The number of nitrogens with zero attached hydrogens (tertiary/aromatic N) is 2. The minimum Gasteiger partial charge on any atom is -0.456 e. The summed E-state index contributed by atoms with van der Waals surface area (Å²) < 4.78 is 15.7. The number of nitrogens with two attached hydrogens (primary N) is 1. The molecule has 0 spiro atoms. The van der Waals surface area contributed by atoms with Crippen LogP contribution < -0.4 is 10.6 Å². The predicted octanol–water partition coefficient (Wildman–Crippen LogP) is 11.6. The molecular weight excluding hydrogens is 701 g/mol. The Balaban J connectivity index is 0.976. The molecule has 57 heavy (non-hydrogen) atoms. The van der Waals surface area contributed by atoms with Crippen molar-refractivity contribution in [2.24, 2.45) is 4.99 Å². The maximum atomic E-state index is 6.67. The number of rotatable bonds is 5. The molecule has 1 aliphatic heterocycles. The lowest BCUT2D eigenvalue weighted by molar-refractivity contribution is -0.600. The van der Waals surface area contributed by atoms with Gasteiger partial charge in [-0.25, -0.2) is 10.3 Å². The lowest BCUT2D eigenvalue weighted by atomic mass is 9.95. The largest absolute Gasteiger partial charge is 0.456 e. The predicted molar refractivity (Wildman–Crippen MR) is 231 cm³/mol. The summed E-state index contributed by atoms with van der Waals surface area (Å²) in [5, 5.41) is 12.8. The van der Waals surface area contributed by atoms with E-state index in [1.54, 1.807) is 0 Å². The smallest absolute Gasteiger partial charge is 0.230 e. The van der Waals surface area contributed by atoms with Crippen molar-refractivity contribution in [3.05, 3.63) is 199 Å². The molecule has 6 nitrogen and oxygen atoms in total. The average molecular weight is 736 g/mol. The zero-order chi connectivity index (χ0) is 37.5. The molecule has 270 valence electrons. The van der Waals surface area contributed by atoms with E-state index in [1.165, 1.54) is 27.4 Å². The van der Waals surface area contributed by atoms with Crippen LogP contribution in [0.4, 0.5) is 0 Å². The Morgan fingerprint density at radius 1 is 0.474 bits per heavy atom. The standard InChI is InChI=1S/C51H34N4O2/c1-3-13-31(14-4-1)49-52-50(32-15-5-2-6-16-32)54-51(53-49)33-25-27-39-45(29-33)56-43-23-11-19-37(47(39)43)38-20-12-24-44-48(38)40-28-26-34(30-46(40)57-44)55-41-21-9-7-17-35(41)36-18-8-10-22-42(36)55/h1-30,49,51,53H,(H,52,54)/p+1. The SMILES string of the molecule is c1ccc(C2=NC(c3ccc4c(c3)oc3cccc(-c5cccc6oc7cc(-n8c9ccccc9c9ccccc98)ccc7c56)c34)NC(c3ccccc3)[NH2+]2)cc1. The Labute approximate surface area is 327 Å². The van der Waals surface area contributed by atoms with Crippen LogP contribution in [0.1, 0.15) is 29.0 Å². The fourth-order valence-electron chi connectivity index (χ4n) is 9.01. The maximum absolute atomic E-state index is 6.67. The van der Waals surface area contributed by atoms with Gasteiger partial charge < -0.3 is 13.4 Å². The van der Waals surface area contributed by atoms with Crippen molar-refractivity contribution in [2.45, 2.75) is 12.3 Å². The summed E-state index contributed by atoms with van der Waals surface area (Å²) in [5.74, 6) is 0.975. The summed E-state index contributed by atoms with van der Waals surface area (Å²) in [6.07, 6.45) is -0.254. The fraction of sp³-hybridized carbons (Fsp3) is 0.0392. The fourth-order valence-corrected chi connectivity index (χ4v) is 9.01. The minimum absolute atomic E-state index is 0.00482. The molecule has 2 atom stereocenters. The van der Waals surface area contributed by atoms with Crippen LogP contribution in [0.25, 0.3) is 82.5 Å². The summed E-state index contributed by atoms with van der Waals surface area (Å²) in [7, 11) is 0. The quantitative estimate of drug-likeness (QED) is 0.185. The second-order valence-corrected chi connectivity index (χ2v) is 14.9. The summed E-state index contributed by atoms with van der Waals surface area (Å²) in [6, 6.07) is 64.0. The Hall–Kier alpha value is -7.25. The third kappa shape index (κ3) is 5.09. The Kier molecular flexibility index (Phi) is 7.11. The number of para-hydroxylation sites is 2. The average Bonchev–Trinajstić information content (AvgIpc) is 3.96. The third-order valence-corrected chi connectivity index (χ3v) is 11.6. The van der Waals surface area contributed by atoms with E-state index < -0.39 is 0 Å². The normalized spacial score (nSPS) is 16.0. The maximum Gasteiger partial charge on any atom is 0.230 e. The van der Waals surface area contributed by atoms with E-state index in [0.717, 1.165) is 77.7 Å². The van der Waals surface area contributed by atoms with Gasteiger partial charge in [0.1, 0.15) is 28.5 Å². The number of hydrogen-bond donors (Lipinski definition) is 2. The van der Waals surface area contributed by atoms with Crippen LogP contribution in [0.15, 0.2) is 196 Å². The second kappa shape index (κ2) is 12.6. The van der Waals surface area contributed by atoms with Crippen molar-refractivity contribution in [2.75, 3.05) is 0 Å². The van der Waals surface area contributed by atoms with Gasteiger partial charge in [-0.3, -0.25) is 5.32 Å². The molecule has 0 amide bonds. The van der Waals surface area contributed by atoms with E-state index in [2.05, 4.69) is 191 Å². The van der Waals surface area contributed by atoms with Crippen LogP contribution >= 0.6 is 0 Å². The molecule has 6 heteroatoms. The van der Waals surface area contributed by atoms with Gasteiger partial charge in [-0.15, -0.1) is 0 Å². The van der Waals surface area contributed by atoms with Crippen molar-refractivity contribution in [1.82, 2.24) is 9.88 Å². The zero-order valence-electron chi connectivity index (χ0n) is 30.8. The first-order chi connectivity index (χ1) is 28.2. The summed E-state index contributed by atoms with van der Waals surface area (Å²) in [5.41, 5.74) is 12.4. The molecule has 0 bridgehead atoms. The molecule has 3 N–H and O–H groups in total. The van der Waals surface area contributed by atoms with Crippen LogP contribution in [-0.4, -0.2) is 10.4 Å². The van der Waals surface area contributed by atoms with E-state index in [1.807, 2.05) is 6.07 Å². The highest BCUT2D eigenvalue weighted by Crippen LogP contribution is 2.43. The van der Waals surface area contributed by atoms with Gasteiger partial charge in [0.25, 0.3) is 0 Å². The Bertz CT molecular complexity index is 3320. The topological polar surface area (TPSA) is 72.2 Å². The van der Waals surface area contributed by atoms with E-state index in [9.17, 15) is 0 Å². The number of fused-ring (bicyclic) bond motifs is 9. The number of aromatic nitrogens is 1. The highest BCUT2D eigenvalue weighted by Gasteiger charge is 2.30. The van der Waals surface area contributed by atoms with Crippen LogP contribution in [0, 0.1) is 0 Å². The molecule has 11 aromatic rings. The molecule has 8 aromatic carbocycles. The van der Waals surface area contributed by atoms with Crippen molar-refractivity contribution in [1.29, 1.82) is 0 Å². The molecule has 0 fully saturated rings. The number of furan rings is 2. The van der Waals surface area contributed by atoms with E-state index >= 15 is 0 Å². The number of hydrogen-bond acceptors (Lipinski definition) is 4. The van der Waals surface area contributed by atoms with Gasteiger partial charge in [-0.1, -0.05) is 121 Å². The molecular formula is C51H35N4O2+. The van der Waals surface area contributed by atoms with Crippen LogP contribution in [0.5, 0.6) is 0 Å². The summed E-state index contributed by atoms with van der Waals surface area (Å²) >= 11 is 0. The van der Waals surface area contributed by atoms with Crippen molar-refractivity contribution < 1.29 is 14.2 Å². The molecule has 1 aliphatic rings. The Morgan fingerprint density at radius 3 is 1.72 bits per heavy atom. The van der Waals surface area contributed by atoms with Gasteiger partial charge in [-0.2, -0.15) is 0 Å². The number of benzene rings is 8. The third-order valence-electron chi connectivity index (χ3n) is 11.6. The van der Waals surface area contributed by atoms with Crippen molar-refractivity contribution >= 4 is 71.5 Å². The van der Waals surface area contributed by atoms with Crippen molar-refractivity contribution in [3.8, 4) is 16.8 Å². The van der Waals surface area contributed by atoms with Gasteiger partial charge in [0.05, 0.1) is 16.6 Å². The number of nitrogens with one attached hydrogen (secondary N) is 1. The van der Waals surface area contributed by atoms with E-state index in [4.69, 9.17) is 13.8 Å². The molecule has 0 saturated carbocycles. The lowest BCUT2D eigenvalue weighted by Gasteiger charge is -2.28. The lowest BCUT2D eigenvalue weighted by Crippen LogP contribution is -2.93. The summed E-state index contributed by atoms with van der Waals surface area (Å²) in [4.78, 5) is 5.23. The van der Waals surface area contributed by atoms with Crippen LogP contribution in [0.3, 0.4) is 0 Å². The first kappa shape index (κ1) is 32.0. The monoisotopic (exact) mass is 735 g/mol. The van der Waals surface area contributed by atoms with Crippen LogP contribution in [-0.2, 0) is 0 Å². The van der Waals surface area contributed by atoms with Gasteiger partial charge in [0.2, 0.25) is 5.84 Å². The molecule has 2 unspecified atom stereocenters. The molecule has 4 heterocycles. The van der Waals surface area contributed by atoms with Gasteiger partial charge in [0, 0.05) is 49.6 Å². The molecule has 0 saturated heterocycles. The van der Waals surface area contributed by atoms with Gasteiger partial charge >= 0.3 is 0 Å². The number of quaternary nitrogens is 1. The first-order valence-electron chi connectivity index (χ1n) is 19.4. The molecule has 0 aliphatic carbocycles. The van der Waals surface area contributed by atoms with E-state index in [-0.39, 0.29) is 12.3 Å². The van der Waals surface area contributed by atoms with Crippen LogP contribution in [0.2, 0.25) is 0 Å². The van der Waals surface area contributed by atoms with Crippen molar-refractivity contribution in [3.63, 3.8) is 0 Å². The van der Waals surface area contributed by atoms with E-state index in [0.29, 0.717) is 0 Å². The van der Waals surface area contributed by atoms with Gasteiger partial charge in [-0.05, 0) is 71.3 Å². The number of aliphatic imine (C=N–C) groups is 1. The highest BCUT2D eigenvalue weighted by atomic mass is 16.3. The molecule has 3 aromatic heterocycles. The Morgan fingerprint density at radius 2 is 1.05 bits per heavy atom. The minimum atomic E-state index is -0.258. The molecule has 12 rings (SSSR count). The van der Waals surface area contributed by atoms with Gasteiger partial charge in [0.15, 0.2) is 6.17 Å². The molecule has 0 radical (unpaired) electrons.